The minimum absolute atomic E-state index is 0.0934. The highest BCUT2D eigenvalue weighted by Crippen LogP contribution is 2.41. The first kappa shape index (κ1) is 26.3. The van der Waals surface area contributed by atoms with E-state index in [9.17, 15) is 13.2 Å². The van der Waals surface area contributed by atoms with E-state index in [1.54, 1.807) is 43.7 Å². The normalized spacial score (nSPS) is 11.8. The molecule has 4 aromatic heterocycles. The predicted octanol–water partition coefficient (Wildman–Crippen LogP) is 5.79. The third-order valence-electron chi connectivity index (χ3n) is 6.97. The number of anilines is 1. The van der Waals surface area contributed by atoms with Gasteiger partial charge in [-0.15, -0.1) is 0 Å². The molecule has 41 heavy (non-hydrogen) atoms. The Balaban J connectivity index is 1.61. The average Bonchev–Trinajstić information content (AvgIpc) is 3.57. The second-order valence-electron chi connectivity index (χ2n) is 9.79. The number of fused-ring (bicyclic) bond motifs is 2. The van der Waals surface area contributed by atoms with Gasteiger partial charge in [0.25, 0.3) is 0 Å². The lowest BCUT2D eigenvalue weighted by molar-refractivity contribution is 0.0989. The molecule has 0 saturated heterocycles. The molecule has 11 heteroatoms. The maximum atomic E-state index is 13.3. The summed E-state index contributed by atoms with van der Waals surface area (Å²) in [6.45, 7) is 3.78. The highest BCUT2D eigenvalue weighted by molar-refractivity contribution is 7.92. The van der Waals surface area contributed by atoms with E-state index in [2.05, 4.69) is 19.9 Å². The van der Waals surface area contributed by atoms with Crippen LogP contribution in [0.1, 0.15) is 29.3 Å². The van der Waals surface area contributed by atoms with Crippen molar-refractivity contribution in [3.05, 3.63) is 78.2 Å². The maximum Gasteiger partial charge on any atom is 0.232 e. The van der Waals surface area contributed by atoms with Gasteiger partial charge in [-0.3, -0.25) is 14.1 Å². The van der Waals surface area contributed by atoms with Crippen LogP contribution in [-0.4, -0.2) is 52.4 Å². The summed E-state index contributed by atoms with van der Waals surface area (Å²) in [6.07, 6.45) is 6.16. The molecule has 0 aliphatic carbocycles. The second-order valence-corrected chi connectivity index (χ2v) is 11.8. The van der Waals surface area contributed by atoms with Crippen molar-refractivity contribution in [2.24, 2.45) is 0 Å². The molecule has 0 fully saturated rings. The van der Waals surface area contributed by atoms with Gasteiger partial charge >= 0.3 is 0 Å². The molecule has 4 heterocycles. The number of imidazole rings is 1. The number of hydrogen-bond donors (Lipinski definition) is 1. The summed E-state index contributed by atoms with van der Waals surface area (Å²) in [6, 6.07) is 14.8. The highest BCUT2D eigenvalue weighted by atomic mass is 32.2. The number of furan rings is 1. The van der Waals surface area contributed by atoms with Gasteiger partial charge in [-0.05, 0) is 25.1 Å². The number of nitrogens with zero attached hydrogens (tertiary/aromatic N) is 5. The molecule has 0 unspecified atom stereocenters. The number of rotatable bonds is 7. The minimum atomic E-state index is -3.67. The van der Waals surface area contributed by atoms with E-state index in [0.29, 0.717) is 56.4 Å². The summed E-state index contributed by atoms with van der Waals surface area (Å²) >= 11 is 0. The summed E-state index contributed by atoms with van der Waals surface area (Å²) in [5.74, 6) is 0.814. The fourth-order valence-corrected chi connectivity index (χ4v) is 5.22. The molecule has 10 nitrogen and oxygen atoms in total. The van der Waals surface area contributed by atoms with Gasteiger partial charge < -0.3 is 9.40 Å². The van der Waals surface area contributed by atoms with Gasteiger partial charge in [0.2, 0.25) is 10.0 Å². The van der Waals surface area contributed by atoms with Crippen LogP contribution in [0.3, 0.4) is 0 Å². The Labute approximate surface area is 236 Å². The van der Waals surface area contributed by atoms with Gasteiger partial charge in [-0.1, -0.05) is 36.8 Å². The first-order valence-corrected chi connectivity index (χ1v) is 14.8. The van der Waals surface area contributed by atoms with Crippen molar-refractivity contribution in [3.8, 4) is 34.1 Å². The average molecular weight is 567 g/mol. The van der Waals surface area contributed by atoms with E-state index in [1.807, 2.05) is 37.3 Å². The van der Waals surface area contributed by atoms with Gasteiger partial charge in [-0.2, -0.15) is 0 Å². The molecule has 0 atom stereocenters. The first-order valence-electron chi connectivity index (χ1n) is 12.9. The van der Waals surface area contributed by atoms with E-state index in [1.165, 1.54) is 7.05 Å². The van der Waals surface area contributed by atoms with Crippen molar-refractivity contribution < 1.29 is 17.6 Å². The van der Waals surface area contributed by atoms with Crippen LogP contribution < -0.4 is 4.31 Å². The molecule has 6 aromatic rings. The molecule has 0 aliphatic rings. The van der Waals surface area contributed by atoms with E-state index in [4.69, 9.17) is 9.40 Å². The number of hydrogen-bond acceptors (Lipinski definition) is 8. The molecule has 1 N–H and O–H groups in total. The number of carbonyl (C=O) groups excluding carboxylic acids is 1. The van der Waals surface area contributed by atoms with Crippen molar-refractivity contribution in [1.82, 2.24) is 24.9 Å². The van der Waals surface area contributed by atoms with E-state index in [-0.39, 0.29) is 12.2 Å². The lowest BCUT2D eigenvalue weighted by atomic mass is 9.98. The summed E-state index contributed by atoms with van der Waals surface area (Å²) in [4.78, 5) is 34.4. The van der Waals surface area contributed by atoms with Crippen LogP contribution in [0.2, 0.25) is 0 Å². The van der Waals surface area contributed by atoms with Gasteiger partial charge in [0.1, 0.15) is 17.0 Å². The Bertz CT molecular complexity index is 2030. The van der Waals surface area contributed by atoms with E-state index >= 15 is 0 Å². The van der Waals surface area contributed by atoms with Crippen LogP contribution in [0.15, 0.2) is 71.5 Å². The zero-order chi connectivity index (χ0) is 28.9. The molecule has 0 aliphatic heterocycles. The SMILES string of the molecule is CCC(=O)c1c(-c2ccc(C)cc2)oc2cc(N(C)S(C)(=O)=O)c(-c3cncc(-c4nc5ncccc5[nH]4)n3)cc12. The van der Waals surface area contributed by atoms with Crippen molar-refractivity contribution in [2.75, 3.05) is 17.6 Å². The number of aromatic nitrogens is 5. The lowest BCUT2D eigenvalue weighted by Gasteiger charge is -2.20. The zero-order valence-electron chi connectivity index (χ0n) is 22.8. The van der Waals surface area contributed by atoms with Crippen LogP contribution in [0, 0.1) is 6.92 Å². The zero-order valence-corrected chi connectivity index (χ0v) is 23.7. The molecule has 0 spiro atoms. The first-order chi connectivity index (χ1) is 19.6. The molecule has 0 radical (unpaired) electrons. The molecule has 0 amide bonds. The molecule has 0 saturated carbocycles. The molecule has 2 aromatic carbocycles. The number of carbonyl (C=O) groups is 1. The van der Waals surface area contributed by atoms with Gasteiger partial charge in [0.15, 0.2) is 17.3 Å². The van der Waals surface area contributed by atoms with Crippen LogP contribution in [0.25, 0.3) is 56.2 Å². The topological polar surface area (TPSA) is 135 Å². The second kappa shape index (κ2) is 9.93. The minimum Gasteiger partial charge on any atom is -0.455 e. The highest BCUT2D eigenvalue weighted by Gasteiger charge is 2.26. The number of aromatic amines is 1. The lowest BCUT2D eigenvalue weighted by Crippen LogP contribution is -2.25. The quantitative estimate of drug-likeness (QED) is 0.240. The monoisotopic (exact) mass is 566 g/mol. The van der Waals surface area contributed by atoms with Crippen molar-refractivity contribution in [3.63, 3.8) is 0 Å². The Morgan fingerprint density at radius 2 is 1.80 bits per heavy atom. The molecular weight excluding hydrogens is 540 g/mol. The van der Waals surface area contributed by atoms with Crippen LogP contribution in [0.4, 0.5) is 5.69 Å². The maximum absolute atomic E-state index is 13.3. The number of sulfonamides is 1. The Morgan fingerprint density at radius 3 is 2.51 bits per heavy atom. The number of ketones is 1. The number of benzene rings is 2. The van der Waals surface area contributed by atoms with E-state index in [0.717, 1.165) is 27.2 Å². The largest absolute Gasteiger partial charge is 0.455 e. The fourth-order valence-electron chi connectivity index (χ4n) is 4.71. The molecular formula is C30H26N6O4S. The fraction of sp³-hybridized carbons (Fsp3) is 0.167. The summed E-state index contributed by atoms with van der Waals surface area (Å²) in [5.41, 5.74) is 5.59. The summed E-state index contributed by atoms with van der Waals surface area (Å²) < 4.78 is 32.8. The van der Waals surface area contributed by atoms with Crippen molar-refractivity contribution >= 4 is 43.6 Å². The summed E-state index contributed by atoms with van der Waals surface area (Å²) in [7, 11) is -2.20. The third-order valence-corrected chi connectivity index (χ3v) is 8.16. The molecule has 206 valence electrons. The summed E-state index contributed by atoms with van der Waals surface area (Å²) in [5, 5.41) is 0.563. The smallest absolute Gasteiger partial charge is 0.232 e. The number of aryl methyl sites for hydroxylation is 1. The van der Waals surface area contributed by atoms with Crippen LogP contribution in [0.5, 0.6) is 0 Å². The third kappa shape index (κ3) is 4.74. The van der Waals surface area contributed by atoms with Gasteiger partial charge in [0.05, 0.1) is 41.1 Å². The van der Waals surface area contributed by atoms with Crippen molar-refractivity contribution in [2.45, 2.75) is 20.3 Å². The van der Waals surface area contributed by atoms with Gasteiger partial charge in [0, 0.05) is 42.2 Å². The van der Waals surface area contributed by atoms with Crippen molar-refractivity contribution in [1.29, 1.82) is 0 Å². The Hall–Kier alpha value is -4.90. The standard InChI is InChI=1S/C30H26N6O4S/c1-5-25(37)27-20-13-19(22-15-31-16-23(33-22)30-34-21-7-6-12-32-29(21)35-30)24(36(3)41(4,38)39)14-26(20)40-28(27)18-10-8-17(2)9-11-18/h6-16H,5H2,1-4H3,(H,32,34,35). The van der Waals surface area contributed by atoms with Gasteiger partial charge in [-0.25, -0.2) is 23.4 Å². The Kier molecular flexibility index (Phi) is 6.38. The van der Waals surface area contributed by atoms with E-state index < -0.39 is 10.0 Å². The number of nitrogens with one attached hydrogen (secondary N) is 1. The Morgan fingerprint density at radius 1 is 1.05 bits per heavy atom. The predicted molar refractivity (Wildman–Crippen MR) is 158 cm³/mol. The number of pyridine rings is 1. The van der Waals surface area contributed by atoms with Crippen LogP contribution in [-0.2, 0) is 10.0 Å². The number of Topliss-reactive ketones (excluding diaryl/α,β-unsaturated/α-hetero) is 1. The van der Waals surface area contributed by atoms with Crippen LogP contribution >= 0.6 is 0 Å². The molecule has 6 rings (SSSR count). The number of H-pyrrole nitrogens is 1. The molecule has 0 bridgehead atoms.